The summed E-state index contributed by atoms with van der Waals surface area (Å²) in [4.78, 5) is 21.3. The van der Waals surface area contributed by atoms with Gasteiger partial charge >= 0.3 is 12.0 Å². The predicted molar refractivity (Wildman–Crippen MR) is 57.7 cm³/mol. The van der Waals surface area contributed by atoms with E-state index >= 15 is 0 Å². The molecule has 0 saturated carbocycles. The zero-order valence-electron chi connectivity index (χ0n) is 9.54. The van der Waals surface area contributed by atoms with Crippen LogP contribution in [0.2, 0.25) is 0 Å². The highest BCUT2D eigenvalue weighted by Crippen LogP contribution is 2.05. The Morgan fingerprint density at radius 1 is 1.20 bits per heavy atom. The van der Waals surface area contributed by atoms with E-state index in [2.05, 4.69) is 24.5 Å². The summed E-state index contributed by atoms with van der Waals surface area (Å²) in [5.74, 6) is -0.434. The first kappa shape index (κ1) is 13.7. The van der Waals surface area contributed by atoms with Gasteiger partial charge in [-0.25, -0.2) is 4.79 Å². The van der Waals surface area contributed by atoms with Crippen LogP contribution in [0.5, 0.6) is 0 Å². The fourth-order valence-electron chi connectivity index (χ4n) is 1.09. The van der Waals surface area contributed by atoms with Gasteiger partial charge in [0.15, 0.2) is 0 Å². The Bertz CT molecular complexity index is 217. The van der Waals surface area contributed by atoms with E-state index < -0.39 is 12.0 Å². The molecule has 0 aliphatic heterocycles. The number of carbonyl (C=O) groups excluding carboxylic acids is 1. The minimum Gasteiger partial charge on any atom is -0.480 e. The molecule has 88 valence electrons. The van der Waals surface area contributed by atoms with Gasteiger partial charge in [0.25, 0.3) is 0 Å². The van der Waals surface area contributed by atoms with Crippen molar-refractivity contribution in [1.29, 1.82) is 0 Å². The maximum atomic E-state index is 11.1. The van der Waals surface area contributed by atoms with Crippen molar-refractivity contribution in [3.05, 3.63) is 0 Å². The van der Waals surface area contributed by atoms with E-state index in [0.717, 1.165) is 12.8 Å². The van der Waals surface area contributed by atoms with Crippen molar-refractivity contribution < 1.29 is 14.7 Å². The fraction of sp³-hybridized carbons (Fsp3) is 0.800. The molecule has 15 heavy (non-hydrogen) atoms. The summed E-state index contributed by atoms with van der Waals surface area (Å²) in [7, 11) is 0. The Kier molecular flexibility index (Phi) is 6.49. The third-order valence-corrected chi connectivity index (χ3v) is 1.95. The van der Waals surface area contributed by atoms with Crippen LogP contribution in [0, 0.1) is 5.92 Å². The van der Waals surface area contributed by atoms with Gasteiger partial charge in [0.1, 0.15) is 6.54 Å². The molecule has 0 fully saturated rings. The van der Waals surface area contributed by atoms with E-state index in [-0.39, 0.29) is 12.6 Å². The first-order valence-electron chi connectivity index (χ1n) is 5.18. The van der Waals surface area contributed by atoms with Crippen molar-refractivity contribution in [2.75, 3.05) is 6.54 Å². The fourth-order valence-corrected chi connectivity index (χ4v) is 1.09. The van der Waals surface area contributed by atoms with E-state index in [1.165, 1.54) is 0 Å². The number of rotatable bonds is 6. The van der Waals surface area contributed by atoms with Crippen LogP contribution < -0.4 is 10.6 Å². The standard InChI is InChI=1S/C10H20N2O3/c1-7(2)4-5-8(3)12-10(15)11-6-9(13)14/h7-8H,4-6H2,1-3H3,(H,13,14)(H2,11,12,15). The summed E-state index contributed by atoms with van der Waals surface area (Å²) in [6, 6.07) is -0.352. The lowest BCUT2D eigenvalue weighted by molar-refractivity contribution is -0.135. The highest BCUT2D eigenvalue weighted by atomic mass is 16.4. The molecule has 0 rings (SSSR count). The molecule has 0 radical (unpaired) electrons. The molecule has 1 unspecified atom stereocenters. The molecule has 0 bridgehead atoms. The van der Waals surface area contributed by atoms with Crippen LogP contribution in [0.25, 0.3) is 0 Å². The van der Waals surface area contributed by atoms with Crippen LogP contribution >= 0.6 is 0 Å². The van der Waals surface area contributed by atoms with Crippen molar-refractivity contribution in [2.45, 2.75) is 39.7 Å². The van der Waals surface area contributed by atoms with Crippen LogP contribution in [-0.2, 0) is 4.79 Å². The molecule has 2 amide bonds. The lowest BCUT2D eigenvalue weighted by atomic mass is 10.0. The number of hydrogen-bond acceptors (Lipinski definition) is 2. The maximum Gasteiger partial charge on any atom is 0.323 e. The van der Waals surface area contributed by atoms with Gasteiger partial charge in [0, 0.05) is 6.04 Å². The summed E-state index contributed by atoms with van der Waals surface area (Å²) < 4.78 is 0. The van der Waals surface area contributed by atoms with Gasteiger partial charge in [0.05, 0.1) is 0 Å². The zero-order valence-corrected chi connectivity index (χ0v) is 9.54. The average molecular weight is 216 g/mol. The van der Waals surface area contributed by atoms with Gasteiger partial charge in [-0.3, -0.25) is 4.79 Å². The topological polar surface area (TPSA) is 78.4 Å². The summed E-state index contributed by atoms with van der Waals surface area (Å²) in [5.41, 5.74) is 0. The molecule has 0 aliphatic rings. The molecule has 5 nitrogen and oxygen atoms in total. The second-order valence-corrected chi connectivity index (χ2v) is 4.09. The molecule has 0 aromatic heterocycles. The van der Waals surface area contributed by atoms with Crippen molar-refractivity contribution in [1.82, 2.24) is 10.6 Å². The van der Waals surface area contributed by atoms with Gasteiger partial charge in [-0.1, -0.05) is 13.8 Å². The molecular weight excluding hydrogens is 196 g/mol. The van der Waals surface area contributed by atoms with Gasteiger partial charge in [-0.05, 0) is 25.7 Å². The van der Waals surface area contributed by atoms with E-state index in [1.54, 1.807) is 0 Å². The van der Waals surface area contributed by atoms with Crippen LogP contribution in [0.3, 0.4) is 0 Å². The first-order chi connectivity index (χ1) is 6.91. The minimum atomic E-state index is -1.04. The molecule has 5 heteroatoms. The highest BCUT2D eigenvalue weighted by molar-refractivity contribution is 5.79. The third kappa shape index (κ3) is 9.05. The van der Waals surface area contributed by atoms with E-state index in [0.29, 0.717) is 5.92 Å². The number of nitrogens with one attached hydrogen (secondary N) is 2. The molecule has 0 aromatic rings. The van der Waals surface area contributed by atoms with Gasteiger partial charge < -0.3 is 15.7 Å². The lowest BCUT2D eigenvalue weighted by Crippen LogP contribution is -2.42. The first-order valence-corrected chi connectivity index (χ1v) is 5.18. The summed E-state index contributed by atoms with van der Waals surface area (Å²) in [6.45, 7) is 5.81. The average Bonchev–Trinajstić information content (AvgIpc) is 2.11. The number of aliphatic carboxylic acids is 1. The van der Waals surface area contributed by atoms with Crippen molar-refractivity contribution in [3.63, 3.8) is 0 Å². The second kappa shape index (κ2) is 7.09. The second-order valence-electron chi connectivity index (χ2n) is 4.09. The molecule has 3 N–H and O–H groups in total. The zero-order chi connectivity index (χ0) is 11.8. The molecule has 0 saturated heterocycles. The largest absolute Gasteiger partial charge is 0.480 e. The number of amides is 2. The molecule has 0 spiro atoms. The van der Waals surface area contributed by atoms with Gasteiger partial charge in [-0.15, -0.1) is 0 Å². The van der Waals surface area contributed by atoms with E-state index in [1.807, 2.05) is 6.92 Å². The predicted octanol–water partition coefficient (Wildman–Crippen LogP) is 1.19. The van der Waals surface area contributed by atoms with Gasteiger partial charge in [-0.2, -0.15) is 0 Å². The Morgan fingerprint density at radius 3 is 2.27 bits per heavy atom. The van der Waals surface area contributed by atoms with Gasteiger partial charge in [0.2, 0.25) is 0 Å². The Hall–Kier alpha value is -1.26. The van der Waals surface area contributed by atoms with E-state index in [9.17, 15) is 9.59 Å². The Labute approximate surface area is 90.2 Å². The maximum absolute atomic E-state index is 11.1. The summed E-state index contributed by atoms with van der Waals surface area (Å²) >= 11 is 0. The number of urea groups is 1. The SMILES string of the molecule is CC(C)CCC(C)NC(=O)NCC(=O)O. The Morgan fingerprint density at radius 2 is 1.80 bits per heavy atom. The highest BCUT2D eigenvalue weighted by Gasteiger charge is 2.08. The monoisotopic (exact) mass is 216 g/mol. The summed E-state index contributed by atoms with van der Waals surface area (Å²) in [5, 5.41) is 13.3. The van der Waals surface area contributed by atoms with Crippen LogP contribution in [0.4, 0.5) is 4.79 Å². The number of carboxylic acids is 1. The van der Waals surface area contributed by atoms with Crippen molar-refractivity contribution in [3.8, 4) is 0 Å². The minimum absolute atomic E-state index is 0.0706. The van der Waals surface area contributed by atoms with Crippen molar-refractivity contribution >= 4 is 12.0 Å². The number of carbonyl (C=O) groups is 2. The normalized spacial score (nSPS) is 12.3. The number of carboxylic acid groups (broad SMARTS) is 1. The van der Waals surface area contributed by atoms with Crippen LogP contribution in [-0.4, -0.2) is 29.7 Å². The van der Waals surface area contributed by atoms with Crippen LogP contribution in [0.15, 0.2) is 0 Å². The summed E-state index contributed by atoms with van der Waals surface area (Å²) in [6.07, 6.45) is 1.94. The molecular formula is C10H20N2O3. The van der Waals surface area contributed by atoms with Crippen LogP contribution in [0.1, 0.15) is 33.6 Å². The van der Waals surface area contributed by atoms with Crippen molar-refractivity contribution in [2.24, 2.45) is 5.92 Å². The molecule has 0 aromatic carbocycles. The lowest BCUT2D eigenvalue weighted by Gasteiger charge is -2.15. The quantitative estimate of drug-likeness (QED) is 0.624. The Balaban J connectivity index is 3.62. The molecule has 0 heterocycles. The molecule has 1 atom stereocenters. The van der Waals surface area contributed by atoms with E-state index in [4.69, 9.17) is 5.11 Å². The smallest absolute Gasteiger partial charge is 0.323 e. The number of hydrogen-bond donors (Lipinski definition) is 3. The molecule has 0 aliphatic carbocycles. The third-order valence-electron chi connectivity index (χ3n) is 1.95.